The predicted octanol–water partition coefficient (Wildman–Crippen LogP) is 6.61. The van der Waals surface area contributed by atoms with E-state index in [2.05, 4.69) is 17.6 Å². The van der Waals surface area contributed by atoms with Crippen molar-refractivity contribution in [2.45, 2.75) is 116 Å². The maximum atomic E-state index is 11.9. The molecule has 0 atom stereocenters. The lowest BCUT2D eigenvalue weighted by molar-refractivity contribution is -0.123. The van der Waals surface area contributed by atoms with Gasteiger partial charge in [-0.1, -0.05) is 96.8 Å². The molecule has 0 bridgehead atoms. The Kier molecular flexibility index (Phi) is 18.7. The van der Waals surface area contributed by atoms with Crippen molar-refractivity contribution in [3.63, 3.8) is 0 Å². The molecule has 6 nitrogen and oxygen atoms in total. The van der Waals surface area contributed by atoms with Crippen LogP contribution in [0.3, 0.4) is 0 Å². The fourth-order valence-corrected chi connectivity index (χ4v) is 3.88. The van der Waals surface area contributed by atoms with Gasteiger partial charge >= 0.3 is 0 Å². The van der Waals surface area contributed by atoms with Gasteiger partial charge < -0.3 is 20.5 Å². The first-order valence-electron chi connectivity index (χ1n) is 13.6. The van der Waals surface area contributed by atoms with Gasteiger partial charge in [-0.05, 0) is 30.7 Å². The van der Waals surface area contributed by atoms with Gasteiger partial charge in [-0.15, -0.1) is 0 Å². The van der Waals surface area contributed by atoms with Crippen LogP contribution in [0.1, 0.15) is 116 Å². The number of ether oxygens (including phenoxy) is 1. The molecule has 0 aliphatic heterocycles. The first-order chi connectivity index (χ1) is 16.6. The summed E-state index contributed by atoms with van der Waals surface area (Å²) in [6.07, 6.45) is 20.3. The van der Waals surface area contributed by atoms with Crippen molar-refractivity contribution in [1.82, 2.24) is 10.6 Å². The van der Waals surface area contributed by atoms with Crippen molar-refractivity contribution in [2.75, 3.05) is 13.3 Å². The lowest BCUT2D eigenvalue weighted by Gasteiger charge is -2.09. The van der Waals surface area contributed by atoms with E-state index in [9.17, 15) is 14.7 Å². The third-order valence-electron chi connectivity index (χ3n) is 6.01. The number of amides is 2. The standard InChI is InChI=1S/C28H48N2O4/c1-2-3-4-5-6-7-8-9-10-11-12-13-14-15-16-17-27(32)29-24-30-28(33)22-23-34-26-20-18-25(31)19-21-26/h18-21,31H,2-17,22-24H2,1H3,(H,29,32)(H,30,33). The van der Waals surface area contributed by atoms with Crippen LogP contribution in [0.4, 0.5) is 0 Å². The van der Waals surface area contributed by atoms with E-state index >= 15 is 0 Å². The van der Waals surface area contributed by atoms with Crippen LogP contribution in [0.2, 0.25) is 0 Å². The van der Waals surface area contributed by atoms with Gasteiger partial charge in [0.25, 0.3) is 0 Å². The molecule has 34 heavy (non-hydrogen) atoms. The molecule has 0 unspecified atom stereocenters. The van der Waals surface area contributed by atoms with Gasteiger partial charge in [0.1, 0.15) is 11.5 Å². The third-order valence-corrected chi connectivity index (χ3v) is 6.01. The Labute approximate surface area is 207 Å². The van der Waals surface area contributed by atoms with Gasteiger partial charge in [0.2, 0.25) is 11.8 Å². The number of phenols is 1. The number of aromatic hydroxyl groups is 1. The summed E-state index contributed by atoms with van der Waals surface area (Å²) in [7, 11) is 0. The predicted molar refractivity (Wildman–Crippen MR) is 139 cm³/mol. The average Bonchev–Trinajstić information content (AvgIpc) is 2.83. The Bertz CT molecular complexity index is 634. The van der Waals surface area contributed by atoms with Crippen molar-refractivity contribution in [3.8, 4) is 11.5 Å². The molecule has 0 spiro atoms. The van der Waals surface area contributed by atoms with Gasteiger partial charge in [0.05, 0.1) is 19.7 Å². The Morgan fingerprint density at radius 2 is 1.12 bits per heavy atom. The molecule has 3 N–H and O–H groups in total. The number of rotatable bonds is 22. The highest BCUT2D eigenvalue weighted by Gasteiger charge is 2.04. The van der Waals surface area contributed by atoms with E-state index in [1.807, 2.05) is 0 Å². The fourth-order valence-electron chi connectivity index (χ4n) is 3.88. The third kappa shape index (κ3) is 18.2. The second-order valence-corrected chi connectivity index (χ2v) is 9.17. The summed E-state index contributed by atoms with van der Waals surface area (Å²) >= 11 is 0. The first kappa shape index (κ1) is 29.8. The molecular formula is C28H48N2O4. The summed E-state index contributed by atoms with van der Waals surface area (Å²) in [4.78, 5) is 23.7. The maximum Gasteiger partial charge on any atom is 0.224 e. The summed E-state index contributed by atoms with van der Waals surface area (Å²) < 4.78 is 5.44. The smallest absolute Gasteiger partial charge is 0.224 e. The lowest BCUT2D eigenvalue weighted by Crippen LogP contribution is -2.37. The highest BCUT2D eigenvalue weighted by molar-refractivity contribution is 5.78. The molecule has 0 fully saturated rings. The minimum atomic E-state index is -0.175. The van der Waals surface area contributed by atoms with Gasteiger partial charge in [-0.2, -0.15) is 0 Å². The normalized spacial score (nSPS) is 10.7. The fraction of sp³-hybridized carbons (Fsp3) is 0.714. The minimum Gasteiger partial charge on any atom is -0.508 e. The highest BCUT2D eigenvalue weighted by Crippen LogP contribution is 2.16. The Morgan fingerprint density at radius 3 is 1.62 bits per heavy atom. The van der Waals surface area contributed by atoms with Crippen LogP contribution in [0.5, 0.6) is 11.5 Å². The van der Waals surface area contributed by atoms with E-state index in [1.165, 1.54) is 95.6 Å². The van der Waals surface area contributed by atoms with E-state index in [1.54, 1.807) is 12.1 Å². The van der Waals surface area contributed by atoms with Crippen molar-refractivity contribution >= 4 is 11.8 Å². The van der Waals surface area contributed by atoms with E-state index in [0.29, 0.717) is 12.2 Å². The van der Waals surface area contributed by atoms with Crippen LogP contribution in [-0.4, -0.2) is 30.2 Å². The van der Waals surface area contributed by atoms with E-state index < -0.39 is 0 Å². The Hall–Kier alpha value is -2.24. The van der Waals surface area contributed by atoms with E-state index in [4.69, 9.17) is 4.74 Å². The molecule has 0 saturated carbocycles. The molecule has 0 radical (unpaired) electrons. The molecule has 0 aliphatic carbocycles. The Balaban J connectivity index is 1.82. The second kappa shape index (κ2) is 21.3. The quantitative estimate of drug-likeness (QED) is 0.130. The molecule has 6 heteroatoms. The summed E-state index contributed by atoms with van der Waals surface area (Å²) in [5.41, 5.74) is 0. The van der Waals surface area contributed by atoms with Crippen LogP contribution < -0.4 is 15.4 Å². The molecule has 0 heterocycles. The summed E-state index contributed by atoms with van der Waals surface area (Å²) in [5.74, 6) is 0.578. The second-order valence-electron chi connectivity index (χ2n) is 9.17. The molecule has 1 rings (SSSR count). The largest absolute Gasteiger partial charge is 0.508 e. The zero-order valence-corrected chi connectivity index (χ0v) is 21.4. The molecule has 0 aliphatic rings. The van der Waals surface area contributed by atoms with Crippen molar-refractivity contribution in [1.29, 1.82) is 0 Å². The number of phenolic OH excluding ortho intramolecular Hbond substituents is 1. The summed E-state index contributed by atoms with van der Waals surface area (Å²) in [5, 5.41) is 14.6. The first-order valence-corrected chi connectivity index (χ1v) is 13.6. The van der Waals surface area contributed by atoms with Crippen LogP contribution in [0, 0.1) is 0 Å². The highest BCUT2D eigenvalue weighted by atomic mass is 16.5. The minimum absolute atomic E-state index is 0.0182. The SMILES string of the molecule is CCCCCCCCCCCCCCCCCC(=O)NCNC(=O)CCOc1ccc(O)cc1. The van der Waals surface area contributed by atoms with Crippen LogP contribution >= 0.6 is 0 Å². The molecule has 2 amide bonds. The molecular weight excluding hydrogens is 428 g/mol. The molecule has 0 saturated heterocycles. The monoisotopic (exact) mass is 476 g/mol. The maximum absolute atomic E-state index is 11.9. The summed E-state index contributed by atoms with van der Waals surface area (Å²) in [6, 6.07) is 6.35. The molecule has 194 valence electrons. The topological polar surface area (TPSA) is 87.7 Å². The van der Waals surface area contributed by atoms with E-state index in [0.717, 1.165) is 12.8 Å². The number of unbranched alkanes of at least 4 members (excludes halogenated alkanes) is 14. The van der Waals surface area contributed by atoms with Gasteiger partial charge in [-0.25, -0.2) is 0 Å². The van der Waals surface area contributed by atoms with Crippen LogP contribution in [-0.2, 0) is 9.59 Å². The Morgan fingerprint density at radius 1 is 0.676 bits per heavy atom. The number of carbonyl (C=O) groups is 2. The van der Waals surface area contributed by atoms with Gasteiger partial charge in [0.15, 0.2) is 0 Å². The lowest BCUT2D eigenvalue weighted by atomic mass is 10.0. The van der Waals surface area contributed by atoms with Gasteiger partial charge in [-0.3, -0.25) is 9.59 Å². The average molecular weight is 477 g/mol. The zero-order valence-electron chi connectivity index (χ0n) is 21.4. The van der Waals surface area contributed by atoms with Gasteiger partial charge in [0, 0.05) is 6.42 Å². The molecule has 1 aromatic carbocycles. The van der Waals surface area contributed by atoms with E-state index in [-0.39, 0.29) is 37.3 Å². The van der Waals surface area contributed by atoms with Crippen molar-refractivity contribution in [2.24, 2.45) is 0 Å². The van der Waals surface area contributed by atoms with Crippen LogP contribution in [0.15, 0.2) is 24.3 Å². The number of carbonyl (C=O) groups excluding carboxylic acids is 2. The number of hydrogen-bond acceptors (Lipinski definition) is 4. The molecule has 0 aromatic heterocycles. The number of hydrogen-bond donors (Lipinski definition) is 3. The van der Waals surface area contributed by atoms with Crippen LogP contribution in [0.25, 0.3) is 0 Å². The number of benzene rings is 1. The summed E-state index contributed by atoms with van der Waals surface area (Å²) in [6.45, 7) is 2.66. The molecule has 1 aromatic rings. The zero-order chi connectivity index (χ0) is 24.7. The van der Waals surface area contributed by atoms with Crippen molar-refractivity contribution < 1.29 is 19.4 Å². The van der Waals surface area contributed by atoms with Crippen molar-refractivity contribution in [3.05, 3.63) is 24.3 Å². The number of nitrogens with one attached hydrogen (secondary N) is 2.